The summed E-state index contributed by atoms with van der Waals surface area (Å²) >= 11 is 3.01. The van der Waals surface area contributed by atoms with Crippen LogP contribution in [0.15, 0.2) is 64.3 Å². The van der Waals surface area contributed by atoms with Crippen LogP contribution in [0.25, 0.3) is 11.3 Å². The van der Waals surface area contributed by atoms with Crippen LogP contribution in [0.4, 0.5) is 10.1 Å². The molecule has 1 aliphatic heterocycles. The predicted octanol–water partition coefficient (Wildman–Crippen LogP) is 3.82. The van der Waals surface area contributed by atoms with Gasteiger partial charge in [-0.3, -0.25) is 14.5 Å². The zero-order valence-electron chi connectivity index (χ0n) is 17.4. The molecule has 3 aromatic rings. The Hall–Kier alpha value is -2.75. The highest BCUT2D eigenvalue weighted by molar-refractivity contribution is 8.01. The van der Waals surface area contributed by atoms with Gasteiger partial charge in [0, 0.05) is 42.8 Å². The van der Waals surface area contributed by atoms with Gasteiger partial charge in [-0.1, -0.05) is 48.2 Å². The summed E-state index contributed by atoms with van der Waals surface area (Å²) in [4.78, 5) is 33.3. The number of hydrogen-bond acceptors (Lipinski definition) is 6. The lowest BCUT2D eigenvalue weighted by molar-refractivity contribution is -0.130. The maximum atomic E-state index is 13.2. The third kappa shape index (κ3) is 6.15. The number of piperazine rings is 1. The summed E-state index contributed by atoms with van der Waals surface area (Å²) in [6.07, 6.45) is 0. The fourth-order valence-corrected chi connectivity index (χ4v) is 5.14. The van der Waals surface area contributed by atoms with Crippen molar-refractivity contribution in [1.29, 1.82) is 0 Å². The first-order valence-electron chi connectivity index (χ1n) is 10.3. The number of thioether (sulfide) groups is 1. The third-order valence-corrected chi connectivity index (χ3v) is 7.08. The van der Waals surface area contributed by atoms with Crippen LogP contribution in [0.5, 0.6) is 0 Å². The Labute approximate surface area is 194 Å². The number of nitrogens with zero attached hydrogens (tertiary/aromatic N) is 3. The Morgan fingerprint density at radius 2 is 1.84 bits per heavy atom. The number of amides is 2. The zero-order valence-corrected chi connectivity index (χ0v) is 19.0. The minimum Gasteiger partial charge on any atom is -0.339 e. The fourth-order valence-electron chi connectivity index (χ4n) is 3.41. The van der Waals surface area contributed by atoms with Gasteiger partial charge in [-0.05, 0) is 18.2 Å². The van der Waals surface area contributed by atoms with E-state index >= 15 is 0 Å². The molecule has 0 aliphatic carbocycles. The summed E-state index contributed by atoms with van der Waals surface area (Å²) in [5, 5.41) is 4.72. The second-order valence-corrected chi connectivity index (χ2v) is 9.45. The summed E-state index contributed by atoms with van der Waals surface area (Å²) < 4.78 is 14.1. The topological polar surface area (TPSA) is 65.5 Å². The minimum absolute atomic E-state index is 0.0790. The number of halogens is 1. The van der Waals surface area contributed by atoms with Gasteiger partial charge in [-0.25, -0.2) is 9.37 Å². The summed E-state index contributed by atoms with van der Waals surface area (Å²) in [6, 6.07) is 15.8. The monoisotopic (exact) mass is 470 g/mol. The number of hydrogen-bond donors (Lipinski definition) is 1. The maximum absolute atomic E-state index is 13.2. The Kier molecular flexibility index (Phi) is 7.51. The largest absolute Gasteiger partial charge is 0.339 e. The molecule has 9 heteroatoms. The van der Waals surface area contributed by atoms with Crippen LogP contribution in [0.1, 0.15) is 0 Å². The SMILES string of the molecule is O=C(CN1CCN(C(=O)CSc2nc(-c3ccccc3)cs2)CC1)Nc1cccc(F)c1. The molecule has 2 amide bonds. The molecule has 0 radical (unpaired) electrons. The highest BCUT2D eigenvalue weighted by Crippen LogP contribution is 2.28. The number of benzene rings is 2. The van der Waals surface area contributed by atoms with Gasteiger partial charge in [0.2, 0.25) is 11.8 Å². The van der Waals surface area contributed by atoms with Crippen molar-refractivity contribution in [3.63, 3.8) is 0 Å². The molecule has 4 rings (SSSR count). The molecule has 2 aromatic carbocycles. The van der Waals surface area contributed by atoms with Crippen LogP contribution in [0.3, 0.4) is 0 Å². The number of anilines is 1. The fraction of sp³-hybridized carbons (Fsp3) is 0.261. The molecule has 32 heavy (non-hydrogen) atoms. The molecule has 0 saturated carbocycles. The molecule has 0 atom stereocenters. The van der Waals surface area contributed by atoms with Crippen LogP contribution >= 0.6 is 23.1 Å². The second kappa shape index (κ2) is 10.7. The molecule has 6 nitrogen and oxygen atoms in total. The number of rotatable bonds is 7. The Bertz CT molecular complexity index is 1070. The van der Waals surface area contributed by atoms with Gasteiger partial charge in [0.25, 0.3) is 0 Å². The Balaban J connectivity index is 1.19. The van der Waals surface area contributed by atoms with Crippen LogP contribution in [-0.4, -0.2) is 65.1 Å². The van der Waals surface area contributed by atoms with Crippen molar-refractivity contribution in [2.75, 3.05) is 43.8 Å². The van der Waals surface area contributed by atoms with Crippen LogP contribution in [-0.2, 0) is 9.59 Å². The van der Waals surface area contributed by atoms with Crippen LogP contribution in [0.2, 0.25) is 0 Å². The minimum atomic E-state index is -0.387. The molecule has 1 aliphatic rings. The second-order valence-electron chi connectivity index (χ2n) is 7.37. The van der Waals surface area contributed by atoms with E-state index in [0.717, 1.165) is 15.6 Å². The highest BCUT2D eigenvalue weighted by atomic mass is 32.2. The van der Waals surface area contributed by atoms with Crippen molar-refractivity contribution >= 4 is 40.6 Å². The van der Waals surface area contributed by atoms with Gasteiger partial charge in [0.05, 0.1) is 18.0 Å². The first kappa shape index (κ1) is 22.4. The Morgan fingerprint density at radius 3 is 2.59 bits per heavy atom. The number of carbonyl (C=O) groups is 2. The van der Waals surface area contributed by atoms with E-state index in [1.54, 1.807) is 23.5 Å². The first-order valence-corrected chi connectivity index (χ1v) is 12.1. The van der Waals surface area contributed by atoms with Crippen molar-refractivity contribution in [2.45, 2.75) is 4.34 Å². The normalized spacial score (nSPS) is 14.3. The molecule has 1 fully saturated rings. The third-order valence-electron chi connectivity index (χ3n) is 5.07. The van der Waals surface area contributed by atoms with E-state index < -0.39 is 0 Å². The summed E-state index contributed by atoms with van der Waals surface area (Å²) in [5.41, 5.74) is 2.44. The predicted molar refractivity (Wildman–Crippen MR) is 126 cm³/mol. The molecule has 0 unspecified atom stereocenters. The van der Waals surface area contributed by atoms with E-state index in [-0.39, 0.29) is 24.2 Å². The molecule has 0 bridgehead atoms. The van der Waals surface area contributed by atoms with Crippen molar-refractivity contribution in [1.82, 2.24) is 14.8 Å². The quantitative estimate of drug-likeness (QED) is 0.532. The van der Waals surface area contributed by atoms with Gasteiger partial charge in [0.15, 0.2) is 4.34 Å². The van der Waals surface area contributed by atoms with Crippen molar-refractivity contribution in [3.8, 4) is 11.3 Å². The number of carbonyl (C=O) groups excluding carboxylic acids is 2. The lowest BCUT2D eigenvalue weighted by Gasteiger charge is -2.34. The van der Waals surface area contributed by atoms with Crippen LogP contribution < -0.4 is 5.32 Å². The molecular formula is C23H23FN4O2S2. The molecule has 1 aromatic heterocycles. The number of nitrogens with one attached hydrogen (secondary N) is 1. The van der Waals surface area contributed by atoms with E-state index in [1.165, 1.54) is 23.9 Å². The highest BCUT2D eigenvalue weighted by Gasteiger charge is 2.23. The maximum Gasteiger partial charge on any atom is 0.238 e. The Morgan fingerprint density at radius 1 is 1.06 bits per heavy atom. The van der Waals surface area contributed by atoms with E-state index in [9.17, 15) is 14.0 Å². The van der Waals surface area contributed by atoms with E-state index in [2.05, 4.69) is 10.3 Å². The van der Waals surface area contributed by atoms with Gasteiger partial charge in [-0.2, -0.15) is 0 Å². The average Bonchev–Trinajstić information content (AvgIpc) is 3.28. The van der Waals surface area contributed by atoms with Gasteiger partial charge >= 0.3 is 0 Å². The average molecular weight is 471 g/mol. The number of aromatic nitrogens is 1. The van der Waals surface area contributed by atoms with E-state index in [0.29, 0.717) is 37.6 Å². The van der Waals surface area contributed by atoms with Crippen LogP contribution in [0, 0.1) is 5.82 Å². The zero-order chi connectivity index (χ0) is 22.3. The lowest BCUT2D eigenvalue weighted by Crippen LogP contribution is -2.50. The standard InChI is InChI=1S/C23H23FN4O2S2/c24-18-7-4-8-19(13-18)25-21(29)14-27-9-11-28(12-10-27)22(30)16-32-23-26-20(15-31-23)17-5-2-1-3-6-17/h1-8,13,15H,9-12,14,16H2,(H,25,29). The molecule has 0 spiro atoms. The van der Waals surface area contributed by atoms with Crippen molar-refractivity contribution < 1.29 is 14.0 Å². The number of thiazole rings is 1. The van der Waals surface area contributed by atoms with Crippen molar-refractivity contribution in [2.24, 2.45) is 0 Å². The summed E-state index contributed by atoms with van der Waals surface area (Å²) in [7, 11) is 0. The molecule has 1 saturated heterocycles. The van der Waals surface area contributed by atoms with E-state index in [4.69, 9.17) is 0 Å². The molecule has 1 N–H and O–H groups in total. The first-order chi connectivity index (χ1) is 15.6. The summed E-state index contributed by atoms with van der Waals surface area (Å²) in [5.74, 6) is -0.150. The van der Waals surface area contributed by atoms with Gasteiger partial charge in [-0.15, -0.1) is 11.3 Å². The molecule has 2 heterocycles. The lowest BCUT2D eigenvalue weighted by atomic mass is 10.2. The van der Waals surface area contributed by atoms with Gasteiger partial charge in [0.1, 0.15) is 5.82 Å². The van der Waals surface area contributed by atoms with E-state index in [1.807, 2.05) is 45.5 Å². The van der Waals surface area contributed by atoms with Crippen molar-refractivity contribution in [3.05, 3.63) is 65.8 Å². The molecule has 166 valence electrons. The smallest absolute Gasteiger partial charge is 0.238 e. The molecular weight excluding hydrogens is 447 g/mol. The summed E-state index contributed by atoms with van der Waals surface area (Å²) in [6.45, 7) is 2.64. The van der Waals surface area contributed by atoms with Gasteiger partial charge < -0.3 is 10.2 Å².